The Hall–Kier alpha value is -3.65. The fourth-order valence-corrected chi connectivity index (χ4v) is 2.74. The Labute approximate surface area is 163 Å². The highest BCUT2D eigenvalue weighted by Gasteiger charge is 2.14. The van der Waals surface area contributed by atoms with Crippen LogP contribution in [0.5, 0.6) is 0 Å². The first-order chi connectivity index (χ1) is 13.6. The van der Waals surface area contributed by atoms with Crippen molar-refractivity contribution in [3.05, 3.63) is 81.6 Å². The van der Waals surface area contributed by atoms with Gasteiger partial charge in [0.25, 0.3) is 11.5 Å². The summed E-state index contributed by atoms with van der Waals surface area (Å²) in [5.41, 5.74) is 0.606. The predicted molar refractivity (Wildman–Crippen MR) is 101 cm³/mol. The van der Waals surface area contributed by atoms with E-state index in [-0.39, 0.29) is 18.0 Å². The van der Waals surface area contributed by atoms with Gasteiger partial charge in [0.2, 0.25) is 11.7 Å². The lowest BCUT2D eigenvalue weighted by Gasteiger charge is -2.03. The molecular weight excluding hydrogens is 384 g/mol. The van der Waals surface area contributed by atoms with E-state index in [2.05, 4.69) is 20.4 Å². The number of nitrogens with one attached hydrogen (secondary N) is 2. The van der Waals surface area contributed by atoms with Crippen molar-refractivity contribution in [1.29, 1.82) is 0 Å². The van der Waals surface area contributed by atoms with Crippen LogP contribution in [0.25, 0.3) is 22.8 Å². The Bertz CT molecular complexity index is 1180. The standard InChI is InChI=1S/C19H13ClN4O4/c20-12-4-1-3-11(9-12)17-23-16(28-24-17)10-21-18(25)13-6-7-14(22-19(13)26)15-5-2-8-27-15/h1-9H,10H2,(H,21,25)(H,22,26). The molecule has 0 aliphatic rings. The lowest BCUT2D eigenvalue weighted by Crippen LogP contribution is -2.29. The maximum Gasteiger partial charge on any atom is 0.261 e. The number of aromatic amines is 1. The van der Waals surface area contributed by atoms with Crippen LogP contribution in [0, 0.1) is 0 Å². The van der Waals surface area contributed by atoms with Crippen LogP contribution in [0.15, 0.2) is 68.5 Å². The lowest BCUT2D eigenvalue weighted by molar-refractivity contribution is 0.0944. The van der Waals surface area contributed by atoms with E-state index in [1.165, 1.54) is 12.3 Å². The molecule has 0 saturated carbocycles. The van der Waals surface area contributed by atoms with Gasteiger partial charge in [-0.1, -0.05) is 28.9 Å². The van der Waals surface area contributed by atoms with Crippen molar-refractivity contribution in [3.8, 4) is 22.8 Å². The van der Waals surface area contributed by atoms with Crippen LogP contribution in [-0.2, 0) is 6.54 Å². The smallest absolute Gasteiger partial charge is 0.261 e. The molecular formula is C19H13ClN4O4. The third-order valence-electron chi connectivity index (χ3n) is 3.89. The van der Waals surface area contributed by atoms with E-state index in [0.29, 0.717) is 27.9 Å². The molecule has 0 saturated heterocycles. The van der Waals surface area contributed by atoms with E-state index in [1.807, 2.05) is 0 Å². The number of rotatable bonds is 5. The summed E-state index contributed by atoms with van der Waals surface area (Å²) in [5.74, 6) is 0.498. The molecule has 1 amide bonds. The summed E-state index contributed by atoms with van der Waals surface area (Å²) in [6, 6.07) is 13.4. The SMILES string of the molecule is O=C(NCc1nc(-c2cccc(Cl)c2)no1)c1ccc(-c2ccco2)[nH]c1=O. The normalized spacial score (nSPS) is 10.8. The highest BCUT2D eigenvalue weighted by Crippen LogP contribution is 2.20. The molecule has 0 bridgehead atoms. The first-order valence-electron chi connectivity index (χ1n) is 8.24. The molecule has 8 nitrogen and oxygen atoms in total. The number of carbonyl (C=O) groups excluding carboxylic acids is 1. The van der Waals surface area contributed by atoms with Gasteiger partial charge in [-0.25, -0.2) is 0 Å². The van der Waals surface area contributed by atoms with Crippen LogP contribution in [0.4, 0.5) is 0 Å². The first kappa shape index (κ1) is 17.7. The van der Waals surface area contributed by atoms with Crippen LogP contribution in [0.3, 0.4) is 0 Å². The molecule has 2 N–H and O–H groups in total. The summed E-state index contributed by atoms with van der Waals surface area (Å²) in [5, 5.41) is 6.99. The van der Waals surface area contributed by atoms with Gasteiger partial charge in [-0.05, 0) is 36.4 Å². The van der Waals surface area contributed by atoms with E-state index in [0.717, 1.165) is 0 Å². The van der Waals surface area contributed by atoms with E-state index in [9.17, 15) is 9.59 Å². The van der Waals surface area contributed by atoms with Crippen molar-refractivity contribution in [2.45, 2.75) is 6.54 Å². The summed E-state index contributed by atoms with van der Waals surface area (Å²) in [7, 11) is 0. The number of hydrogen-bond donors (Lipinski definition) is 2. The van der Waals surface area contributed by atoms with Gasteiger partial charge in [0.05, 0.1) is 18.5 Å². The Morgan fingerprint density at radius 3 is 2.82 bits per heavy atom. The minimum atomic E-state index is -0.560. The highest BCUT2D eigenvalue weighted by atomic mass is 35.5. The average Bonchev–Trinajstić information content (AvgIpc) is 3.38. The van der Waals surface area contributed by atoms with Crippen LogP contribution in [0.1, 0.15) is 16.2 Å². The molecule has 3 aromatic heterocycles. The summed E-state index contributed by atoms with van der Waals surface area (Å²) >= 11 is 5.95. The first-order valence-corrected chi connectivity index (χ1v) is 8.62. The maximum atomic E-state index is 12.3. The second-order valence-electron chi connectivity index (χ2n) is 5.80. The maximum absolute atomic E-state index is 12.3. The number of benzene rings is 1. The van der Waals surface area contributed by atoms with Crippen molar-refractivity contribution in [1.82, 2.24) is 20.4 Å². The second-order valence-corrected chi connectivity index (χ2v) is 6.23. The van der Waals surface area contributed by atoms with E-state index >= 15 is 0 Å². The van der Waals surface area contributed by atoms with Crippen molar-refractivity contribution in [2.24, 2.45) is 0 Å². The third kappa shape index (κ3) is 3.72. The van der Waals surface area contributed by atoms with Crippen LogP contribution < -0.4 is 10.9 Å². The number of amides is 1. The van der Waals surface area contributed by atoms with Crippen molar-refractivity contribution < 1.29 is 13.7 Å². The molecule has 9 heteroatoms. The van der Waals surface area contributed by atoms with Crippen molar-refractivity contribution in [2.75, 3.05) is 0 Å². The Kier molecular flexibility index (Phi) is 4.77. The molecule has 1 aromatic carbocycles. The Morgan fingerprint density at radius 1 is 1.18 bits per heavy atom. The molecule has 0 aliphatic carbocycles. The van der Waals surface area contributed by atoms with Gasteiger partial charge in [0.1, 0.15) is 11.3 Å². The van der Waals surface area contributed by atoms with Crippen LogP contribution in [0.2, 0.25) is 5.02 Å². The van der Waals surface area contributed by atoms with Crippen molar-refractivity contribution >= 4 is 17.5 Å². The molecule has 4 rings (SSSR count). The molecule has 140 valence electrons. The summed E-state index contributed by atoms with van der Waals surface area (Å²) in [6.07, 6.45) is 1.50. The largest absolute Gasteiger partial charge is 0.463 e. The molecule has 0 radical (unpaired) electrons. The fraction of sp³-hybridized carbons (Fsp3) is 0.0526. The summed E-state index contributed by atoms with van der Waals surface area (Å²) in [6.45, 7) is -0.0220. The quantitative estimate of drug-likeness (QED) is 0.535. The number of aromatic nitrogens is 3. The Balaban J connectivity index is 1.44. The topological polar surface area (TPSA) is 114 Å². The molecule has 0 spiro atoms. The summed E-state index contributed by atoms with van der Waals surface area (Å²) in [4.78, 5) is 31.3. The van der Waals surface area contributed by atoms with Gasteiger partial charge in [-0.3, -0.25) is 9.59 Å². The average molecular weight is 397 g/mol. The molecule has 3 heterocycles. The van der Waals surface area contributed by atoms with Crippen molar-refractivity contribution in [3.63, 3.8) is 0 Å². The highest BCUT2D eigenvalue weighted by molar-refractivity contribution is 6.30. The zero-order valence-electron chi connectivity index (χ0n) is 14.3. The third-order valence-corrected chi connectivity index (χ3v) is 4.13. The molecule has 0 unspecified atom stereocenters. The van der Waals surface area contributed by atoms with Gasteiger partial charge >= 0.3 is 0 Å². The monoisotopic (exact) mass is 396 g/mol. The lowest BCUT2D eigenvalue weighted by atomic mass is 10.2. The predicted octanol–water partition coefficient (Wildman–Crippen LogP) is 3.27. The molecule has 0 atom stereocenters. The summed E-state index contributed by atoms with van der Waals surface area (Å²) < 4.78 is 10.3. The van der Waals surface area contributed by atoms with Gasteiger partial charge < -0.3 is 19.2 Å². The van der Waals surface area contributed by atoms with Gasteiger partial charge in [-0.15, -0.1) is 0 Å². The number of hydrogen-bond acceptors (Lipinski definition) is 6. The van der Waals surface area contributed by atoms with Gasteiger partial charge in [0, 0.05) is 10.6 Å². The number of nitrogens with zero attached hydrogens (tertiary/aromatic N) is 2. The molecule has 0 aliphatic heterocycles. The second kappa shape index (κ2) is 7.53. The minimum Gasteiger partial charge on any atom is -0.463 e. The van der Waals surface area contributed by atoms with Crippen LogP contribution >= 0.6 is 11.6 Å². The number of pyridine rings is 1. The Morgan fingerprint density at radius 2 is 2.07 bits per heavy atom. The molecule has 28 heavy (non-hydrogen) atoms. The zero-order valence-corrected chi connectivity index (χ0v) is 15.1. The number of H-pyrrole nitrogens is 1. The minimum absolute atomic E-state index is 0.0220. The number of furan rings is 1. The molecule has 4 aromatic rings. The van der Waals surface area contributed by atoms with E-state index in [4.69, 9.17) is 20.5 Å². The molecule has 0 fully saturated rings. The van der Waals surface area contributed by atoms with E-state index in [1.54, 1.807) is 42.5 Å². The van der Waals surface area contributed by atoms with Gasteiger partial charge in [-0.2, -0.15) is 4.98 Å². The van der Waals surface area contributed by atoms with E-state index < -0.39 is 11.5 Å². The zero-order chi connectivity index (χ0) is 19.5. The number of carbonyl (C=O) groups is 1. The van der Waals surface area contributed by atoms with Crippen LogP contribution in [-0.4, -0.2) is 21.0 Å². The van der Waals surface area contributed by atoms with Gasteiger partial charge in [0.15, 0.2) is 0 Å². The number of halogens is 1. The fourth-order valence-electron chi connectivity index (χ4n) is 2.55.